The van der Waals surface area contributed by atoms with Gasteiger partial charge in [-0.3, -0.25) is 0 Å². The molecular formula is C11H13FN4O5. The molecule has 21 heavy (non-hydrogen) atoms. The highest BCUT2D eigenvalue weighted by molar-refractivity contribution is 5.24. The van der Waals surface area contributed by atoms with Crippen LogP contribution in [0.5, 0.6) is 0 Å². The number of aliphatic hydroxyl groups excluding tert-OH is 1. The fourth-order valence-corrected chi connectivity index (χ4v) is 1.87. The van der Waals surface area contributed by atoms with E-state index < -0.39 is 43.0 Å². The summed E-state index contributed by atoms with van der Waals surface area (Å²) in [5.74, 6) is 3.61. The van der Waals surface area contributed by atoms with Crippen molar-refractivity contribution in [3.8, 4) is 11.8 Å². The number of anilines is 1. The fraction of sp³-hybridized carbons (Fsp3) is 0.545. The van der Waals surface area contributed by atoms with Gasteiger partial charge >= 0.3 is 5.69 Å². The first-order valence-electron chi connectivity index (χ1n) is 6.67. The van der Waals surface area contributed by atoms with E-state index >= 15 is 0 Å². The molecular weight excluding hydrogens is 287 g/mol. The summed E-state index contributed by atoms with van der Waals surface area (Å²) in [7, 11) is 0. The van der Waals surface area contributed by atoms with Crippen LogP contribution in [0, 0.1) is 11.8 Å². The Morgan fingerprint density at radius 2 is 2.43 bits per heavy atom. The summed E-state index contributed by atoms with van der Waals surface area (Å²) >= 11 is 0. The van der Waals surface area contributed by atoms with Gasteiger partial charge in [0.15, 0.2) is 6.23 Å². The Hall–Kier alpha value is -2.06. The number of alkyl halides is 1. The number of nitrogens with two attached hydrogens (primary N) is 1. The molecule has 2 heterocycles. The van der Waals surface area contributed by atoms with Gasteiger partial charge in [-0.25, -0.2) is 9.18 Å². The van der Waals surface area contributed by atoms with Gasteiger partial charge in [0.2, 0.25) is 5.60 Å². The number of aliphatic hydroxyl groups is 3. The Balaban J connectivity index is 2.56. The number of ether oxygens (including phenoxy) is 1. The summed E-state index contributed by atoms with van der Waals surface area (Å²) < 4.78 is 32.2. The highest BCUT2D eigenvalue weighted by atomic mass is 19.1. The largest absolute Gasteiger partial charge is 0.394 e. The number of aromatic nitrogens is 3. The predicted molar refractivity (Wildman–Crippen MR) is 66.4 cm³/mol. The van der Waals surface area contributed by atoms with Crippen molar-refractivity contribution >= 4 is 5.82 Å². The van der Waals surface area contributed by atoms with E-state index in [4.69, 9.17) is 13.2 Å². The van der Waals surface area contributed by atoms with Crippen LogP contribution >= 0.6 is 0 Å². The van der Waals surface area contributed by atoms with Crippen LogP contribution in [-0.2, 0) is 4.74 Å². The van der Waals surface area contributed by atoms with Gasteiger partial charge in [0.1, 0.15) is 24.7 Å². The normalized spacial score (nSPS) is 33.8. The molecule has 2 rings (SSSR count). The van der Waals surface area contributed by atoms with Gasteiger partial charge in [0.05, 0.1) is 15.5 Å². The number of hydrogen-bond donors (Lipinski definition) is 4. The molecule has 1 aliphatic rings. The van der Waals surface area contributed by atoms with Crippen molar-refractivity contribution in [2.24, 2.45) is 0 Å². The SMILES string of the molecule is [2H]C([2H])(O)[C@H]1O[C@@H](n2ncc(N)nc2=O)C(O)(C#CCF)[C@H]1O. The number of nitrogens with zero attached hydrogens (tertiary/aromatic N) is 3. The van der Waals surface area contributed by atoms with Gasteiger partial charge in [-0.15, -0.1) is 0 Å². The maximum atomic E-state index is 12.3. The van der Waals surface area contributed by atoms with Crippen molar-refractivity contribution in [2.45, 2.75) is 24.0 Å². The fourth-order valence-electron chi connectivity index (χ4n) is 1.87. The van der Waals surface area contributed by atoms with Gasteiger partial charge in [0, 0.05) is 0 Å². The molecule has 1 aromatic rings. The number of nitrogen functional groups attached to an aromatic ring is 1. The van der Waals surface area contributed by atoms with E-state index in [1.807, 2.05) is 11.8 Å². The molecule has 1 aliphatic heterocycles. The maximum Gasteiger partial charge on any atom is 0.368 e. The minimum absolute atomic E-state index is 0.225. The molecule has 10 heteroatoms. The van der Waals surface area contributed by atoms with E-state index in [1.165, 1.54) is 0 Å². The number of halogens is 1. The topological polar surface area (TPSA) is 144 Å². The summed E-state index contributed by atoms with van der Waals surface area (Å²) in [6.45, 7) is -4.26. The van der Waals surface area contributed by atoms with Crippen molar-refractivity contribution in [1.82, 2.24) is 14.8 Å². The summed E-state index contributed by atoms with van der Waals surface area (Å²) in [4.78, 5) is 15.2. The molecule has 1 saturated heterocycles. The third-order valence-electron chi connectivity index (χ3n) is 2.83. The molecule has 0 saturated carbocycles. The minimum Gasteiger partial charge on any atom is -0.394 e. The van der Waals surface area contributed by atoms with E-state index in [2.05, 4.69) is 10.1 Å². The van der Waals surface area contributed by atoms with Crippen molar-refractivity contribution in [3.05, 3.63) is 16.7 Å². The molecule has 114 valence electrons. The van der Waals surface area contributed by atoms with E-state index in [1.54, 1.807) is 0 Å². The monoisotopic (exact) mass is 302 g/mol. The first kappa shape index (κ1) is 12.7. The standard InChI is InChI=1S/C11H13FN4O5/c12-3-1-2-11(20)8(18)6(5-17)21-9(11)16-10(19)15-7(13)4-14-16/h4,6,8-9,17-18,20H,3,5H2,(H2,13,15,19)/t6-,8+,9-,11?/m1/s1/i5D2. The lowest BCUT2D eigenvalue weighted by molar-refractivity contribution is -0.0837. The zero-order valence-corrected chi connectivity index (χ0v) is 10.5. The molecule has 9 nitrogen and oxygen atoms in total. The van der Waals surface area contributed by atoms with Crippen LogP contribution in [0.3, 0.4) is 0 Å². The molecule has 5 N–H and O–H groups in total. The van der Waals surface area contributed by atoms with Gasteiger partial charge in [0.25, 0.3) is 0 Å². The average molecular weight is 302 g/mol. The van der Waals surface area contributed by atoms with Gasteiger partial charge in [-0.1, -0.05) is 11.8 Å². The third kappa shape index (κ3) is 2.59. The lowest BCUT2D eigenvalue weighted by atomic mass is 9.95. The molecule has 0 aliphatic carbocycles. The Labute approximate surface area is 120 Å². The van der Waals surface area contributed by atoms with E-state index in [9.17, 15) is 24.5 Å². The molecule has 0 radical (unpaired) electrons. The lowest BCUT2D eigenvalue weighted by Crippen LogP contribution is -2.48. The Morgan fingerprint density at radius 3 is 3.00 bits per heavy atom. The van der Waals surface area contributed by atoms with Crippen molar-refractivity contribution < 1.29 is 27.2 Å². The zero-order valence-electron chi connectivity index (χ0n) is 12.5. The van der Waals surface area contributed by atoms with Crippen LogP contribution in [0.25, 0.3) is 0 Å². The van der Waals surface area contributed by atoms with E-state index in [0.717, 1.165) is 6.20 Å². The Bertz CT molecular complexity index is 715. The first-order valence-corrected chi connectivity index (χ1v) is 5.67. The van der Waals surface area contributed by atoms with Crippen molar-refractivity contribution in [1.29, 1.82) is 0 Å². The smallest absolute Gasteiger partial charge is 0.368 e. The summed E-state index contributed by atoms with van der Waals surface area (Å²) in [6, 6.07) is 0. The second-order valence-electron chi connectivity index (χ2n) is 4.15. The van der Waals surface area contributed by atoms with Crippen molar-refractivity contribution in [3.63, 3.8) is 0 Å². The van der Waals surface area contributed by atoms with Crippen LogP contribution in [-0.4, -0.2) is 61.1 Å². The Morgan fingerprint density at radius 1 is 1.71 bits per heavy atom. The first-order chi connectivity index (χ1) is 10.6. The van der Waals surface area contributed by atoms with E-state index in [0.29, 0.717) is 4.68 Å². The molecule has 1 aromatic heterocycles. The molecule has 0 bridgehead atoms. The van der Waals surface area contributed by atoms with Gasteiger partial charge in [-0.05, 0) is 0 Å². The average Bonchev–Trinajstić information content (AvgIpc) is 2.70. The number of rotatable bonds is 2. The van der Waals surface area contributed by atoms with E-state index in [-0.39, 0.29) is 5.82 Å². The second-order valence-corrected chi connectivity index (χ2v) is 4.15. The quantitative estimate of drug-likeness (QED) is 0.428. The molecule has 1 fully saturated rings. The highest BCUT2D eigenvalue weighted by Gasteiger charge is 2.56. The second kappa shape index (κ2) is 5.74. The summed E-state index contributed by atoms with van der Waals surface area (Å²) in [6.07, 6.45) is -4.97. The van der Waals surface area contributed by atoms with Gasteiger partial charge in [-0.2, -0.15) is 14.8 Å². The van der Waals surface area contributed by atoms with Crippen LogP contribution in [0.4, 0.5) is 10.2 Å². The van der Waals surface area contributed by atoms with Crippen LogP contribution in [0.2, 0.25) is 0 Å². The molecule has 0 aromatic carbocycles. The van der Waals surface area contributed by atoms with Crippen LogP contribution < -0.4 is 11.4 Å². The minimum atomic E-state index is -3.08. The lowest BCUT2D eigenvalue weighted by Gasteiger charge is -2.25. The van der Waals surface area contributed by atoms with Crippen LogP contribution in [0.1, 0.15) is 8.97 Å². The summed E-state index contributed by atoms with van der Waals surface area (Å²) in [5, 5.41) is 33.5. The molecule has 4 atom stereocenters. The third-order valence-corrected chi connectivity index (χ3v) is 2.83. The Kier molecular flexibility index (Phi) is 3.46. The number of hydrogen-bond acceptors (Lipinski definition) is 8. The molecule has 0 amide bonds. The van der Waals surface area contributed by atoms with Crippen molar-refractivity contribution in [2.75, 3.05) is 19.0 Å². The summed E-state index contributed by atoms with van der Waals surface area (Å²) in [5.41, 5.74) is 1.59. The zero-order chi connectivity index (χ0) is 17.4. The maximum absolute atomic E-state index is 12.3. The van der Waals surface area contributed by atoms with Gasteiger partial charge < -0.3 is 25.8 Å². The van der Waals surface area contributed by atoms with Crippen LogP contribution in [0.15, 0.2) is 11.0 Å². The molecule has 1 unspecified atom stereocenters. The molecule has 0 spiro atoms. The highest BCUT2D eigenvalue weighted by Crippen LogP contribution is 2.36. The predicted octanol–water partition coefficient (Wildman–Crippen LogP) is -2.82.